The third-order valence-electron chi connectivity index (χ3n) is 5.62. The minimum Gasteiger partial charge on any atom is -0.494 e. The van der Waals surface area contributed by atoms with Crippen molar-refractivity contribution in [1.29, 1.82) is 0 Å². The highest BCUT2D eigenvalue weighted by atomic mass is 35.5. The van der Waals surface area contributed by atoms with Gasteiger partial charge in [0.1, 0.15) is 35.1 Å². The molecule has 0 bridgehead atoms. The number of aliphatic hydroxyl groups is 1. The molecule has 1 saturated heterocycles. The minimum absolute atomic E-state index is 0.0655. The summed E-state index contributed by atoms with van der Waals surface area (Å²) in [5.74, 6) is -0.370. The molecule has 1 aromatic rings. The van der Waals surface area contributed by atoms with Crippen molar-refractivity contribution in [3.63, 3.8) is 0 Å². The van der Waals surface area contributed by atoms with E-state index in [1.165, 1.54) is 31.1 Å². The second-order valence-electron chi connectivity index (χ2n) is 10.1. The molecule has 9 nitrogen and oxygen atoms in total. The predicted octanol–water partition coefficient (Wildman–Crippen LogP) is 4.74. The molecule has 0 aliphatic carbocycles. The van der Waals surface area contributed by atoms with Gasteiger partial charge in [0.2, 0.25) is 0 Å². The van der Waals surface area contributed by atoms with Gasteiger partial charge in [-0.25, -0.2) is 14.2 Å². The fraction of sp³-hybridized carbons (Fsp3) is 0.600. The lowest BCUT2D eigenvalue weighted by molar-refractivity contribution is -0.0593. The topological polar surface area (TPSA) is 115 Å². The Morgan fingerprint density at radius 3 is 2.43 bits per heavy atom. The average Bonchev–Trinajstić information content (AvgIpc) is 2.75. The maximum Gasteiger partial charge on any atom is 0.410 e. The molecule has 1 aliphatic heterocycles. The van der Waals surface area contributed by atoms with Crippen molar-refractivity contribution in [2.75, 3.05) is 33.1 Å². The van der Waals surface area contributed by atoms with Crippen LogP contribution in [-0.2, 0) is 24.6 Å². The van der Waals surface area contributed by atoms with E-state index in [-0.39, 0.29) is 23.1 Å². The number of rotatable bonds is 10. The van der Waals surface area contributed by atoms with Crippen LogP contribution in [0.5, 0.6) is 5.75 Å². The standard InChI is InChI=1S/C25H36ClFN2O7S/c1-8-18(11-19(26)16(2)27)22-20(34-6)9-10-21(28-22)25(31,15-35-37(7,32)33)12-17-13-29(14-17)23(30)36-24(3,4)5/h9-11,17,31H,8,12-15H2,1-7H3. The van der Waals surface area contributed by atoms with E-state index in [9.17, 15) is 22.7 Å². The fourth-order valence-corrected chi connectivity index (χ4v) is 4.33. The molecule has 37 heavy (non-hydrogen) atoms. The maximum atomic E-state index is 13.6. The minimum atomic E-state index is -3.88. The van der Waals surface area contributed by atoms with Crippen LogP contribution in [0.1, 0.15) is 58.8 Å². The molecule has 208 valence electrons. The lowest BCUT2D eigenvalue weighted by Gasteiger charge is -2.43. The highest BCUT2D eigenvalue weighted by Crippen LogP contribution is 2.36. The van der Waals surface area contributed by atoms with E-state index in [1.54, 1.807) is 26.8 Å². The number of methoxy groups -OCH3 is 1. The first kappa shape index (κ1) is 31.0. The number of ether oxygens (including phenoxy) is 2. The number of nitrogens with zero attached hydrogens (tertiary/aromatic N) is 2. The molecule has 1 amide bonds. The van der Waals surface area contributed by atoms with Crippen molar-refractivity contribution < 1.29 is 36.4 Å². The summed E-state index contributed by atoms with van der Waals surface area (Å²) in [6.45, 7) is 8.42. The molecule has 1 N–H and O–H groups in total. The van der Waals surface area contributed by atoms with Gasteiger partial charge in [-0.1, -0.05) is 18.5 Å². The Balaban J connectivity index is 2.42. The van der Waals surface area contributed by atoms with E-state index in [4.69, 9.17) is 25.3 Å². The van der Waals surface area contributed by atoms with Gasteiger partial charge in [0, 0.05) is 13.1 Å². The molecule has 1 aliphatic rings. The van der Waals surface area contributed by atoms with Crippen LogP contribution >= 0.6 is 11.6 Å². The number of carbonyl (C=O) groups excluding carboxylic acids is 1. The van der Waals surface area contributed by atoms with E-state index >= 15 is 0 Å². The molecule has 1 aromatic heterocycles. The number of halogens is 2. The first-order chi connectivity index (χ1) is 17.0. The van der Waals surface area contributed by atoms with Crippen LogP contribution in [0.3, 0.4) is 0 Å². The van der Waals surface area contributed by atoms with Crippen LogP contribution in [-0.4, -0.2) is 68.2 Å². The van der Waals surface area contributed by atoms with Gasteiger partial charge in [-0.2, -0.15) is 8.42 Å². The zero-order valence-electron chi connectivity index (χ0n) is 22.3. The quantitative estimate of drug-likeness (QED) is 0.321. The molecular formula is C25H36ClFN2O7S. The lowest BCUT2D eigenvalue weighted by atomic mass is 9.84. The molecule has 0 aromatic carbocycles. The molecule has 0 radical (unpaired) electrons. The number of allylic oxidation sites excluding steroid dienone is 4. The van der Waals surface area contributed by atoms with Crippen molar-refractivity contribution >= 4 is 33.4 Å². The van der Waals surface area contributed by atoms with Gasteiger partial charge in [0.05, 0.1) is 24.1 Å². The highest BCUT2D eigenvalue weighted by Gasteiger charge is 2.42. The summed E-state index contributed by atoms with van der Waals surface area (Å²) < 4.78 is 52.9. The maximum absolute atomic E-state index is 13.6. The van der Waals surface area contributed by atoms with Crippen molar-refractivity contribution in [3.05, 3.63) is 40.5 Å². The first-order valence-corrected chi connectivity index (χ1v) is 14.0. The molecule has 0 spiro atoms. The van der Waals surface area contributed by atoms with E-state index in [1.807, 2.05) is 6.92 Å². The summed E-state index contributed by atoms with van der Waals surface area (Å²) in [4.78, 5) is 18.4. The second kappa shape index (κ2) is 12.1. The van der Waals surface area contributed by atoms with Crippen LogP contribution in [0.25, 0.3) is 5.57 Å². The van der Waals surface area contributed by atoms with Gasteiger partial charge >= 0.3 is 6.09 Å². The predicted molar refractivity (Wildman–Crippen MR) is 139 cm³/mol. The number of pyridine rings is 1. The SMILES string of the molecule is CCC(=CC(Cl)=C(C)F)c1nc(C(O)(COS(C)(=O)=O)CC2CN(C(=O)OC(C)(C)C)C2)ccc1OC. The third-order valence-corrected chi connectivity index (χ3v) is 6.53. The second-order valence-corrected chi connectivity index (χ2v) is 12.2. The van der Waals surface area contributed by atoms with Crippen molar-refractivity contribution in [2.24, 2.45) is 5.92 Å². The Morgan fingerprint density at radius 1 is 1.32 bits per heavy atom. The third kappa shape index (κ3) is 8.94. The molecule has 0 saturated carbocycles. The Kier molecular flexibility index (Phi) is 10.1. The van der Waals surface area contributed by atoms with Crippen LogP contribution in [0.2, 0.25) is 0 Å². The number of carbonyl (C=O) groups is 1. The van der Waals surface area contributed by atoms with Crippen molar-refractivity contribution in [3.8, 4) is 5.75 Å². The van der Waals surface area contributed by atoms with E-state index in [2.05, 4.69) is 4.98 Å². The smallest absolute Gasteiger partial charge is 0.410 e. The van der Waals surface area contributed by atoms with Crippen LogP contribution in [0, 0.1) is 5.92 Å². The number of hydrogen-bond acceptors (Lipinski definition) is 8. The molecule has 2 rings (SSSR count). The van der Waals surface area contributed by atoms with Gasteiger partial charge in [-0.3, -0.25) is 4.18 Å². The van der Waals surface area contributed by atoms with Gasteiger partial charge < -0.3 is 19.5 Å². The normalized spacial score (nSPS) is 17.6. The zero-order valence-corrected chi connectivity index (χ0v) is 23.9. The largest absolute Gasteiger partial charge is 0.494 e. The van der Waals surface area contributed by atoms with E-state index in [0.29, 0.717) is 36.5 Å². The van der Waals surface area contributed by atoms with Gasteiger partial charge in [0.15, 0.2) is 0 Å². The Morgan fingerprint density at radius 2 is 1.95 bits per heavy atom. The molecule has 12 heteroatoms. The monoisotopic (exact) mass is 562 g/mol. The lowest BCUT2D eigenvalue weighted by Crippen LogP contribution is -2.54. The molecule has 1 unspecified atom stereocenters. The van der Waals surface area contributed by atoms with E-state index in [0.717, 1.165) is 6.26 Å². The summed E-state index contributed by atoms with van der Waals surface area (Å²) in [6, 6.07) is 3.10. The van der Waals surface area contributed by atoms with Crippen LogP contribution in [0.15, 0.2) is 29.1 Å². The van der Waals surface area contributed by atoms with E-state index < -0.39 is 39.8 Å². The number of amides is 1. The Labute approximate surface area is 223 Å². The van der Waals surface area contributed by atoms with Crippen molar-refractivity contribution in [2.45, 2.75) is 58.7 Å². The molecule has 1 fully saturated rings. The number of aromatic nitrogens is 1. The van der Waals surface area contributed by atoms with Gasteiger partial charge in [0.25, 0.3) is 10.1 Å². The average molecular weight is 563 g/mol. The zero-order chi connectivity index (χ0) is 28.2. The molecular weight excluding hydrogens is 527 g/mol. The number of likely N-dealkylation sites (tertiary alicyclic amines) is 1. The summed E-state index contributed by atoms with van der Waals surface area (Å²) in [5.41, 5.74) is -1.45. The molecule has 1 atom stereocenters. The molecule has 2 heterocycles. The summed E-state index contributed by atoms with van der Waals surface area (Å²) in [6.07, 6.45) is 2.34. The van der Waals surface area contributed by atoms with Gasteiger partial charge in [-0.05, 0) is 70.2 Å². The van der Waals surface area contributed by atoms with Crippen LogP contribution < -0.4 is 4.74 Å². The van der Waals surface area contributed by atoms with Gasteiger partial charge in [-0.15, -0.1) is 0 Å². The Hall–Kier alpha value is -2.21. The number of hydrogen-bond donors (Lipinski definition) is 1. The fourth-order valence-electron chi connectivity index (χ4n) is 3.78. The summed E-state index contributed by atoms with van der Waals surface area (Å²) >= 11 is 6.02. The summed E-state index contributed by atoms with van der Waals surface area (Å²) in [7, 11) is -2.43. The first-order valence-electron chi connectivity index (χ1n) is 11.8. The summed E-state index contributed by atoms with van der Waals surface area (Å²) in [5, 5.41) is 11.6. The van der Waals surface area contributed by atoms with Crippen LogP contribution in [0.4, 0.5) is 9.18 Å². The Bertz CT molecular complexity index is 1150. The highest BCUT2D eigenvalue weighted by molar-refractivity contribution is 7.85. The van der Waals surface area contributed by atoms with Crippen molar-refractivity contribution in [1.82, 2.24) is 9.88 Å².